The minimum atomic E-state index is -0.477. The summed E-state index contributed by atoms with van der Waals surface area (Å²) in [6.07, 6.45) is 5.89. The molecule has 0 saturated heterocycles. The van der Waals surface area contributed by atoms with Gasteiger partial charge in [0.05, 0.1) is 11.9 Å². The van der Waals surface area contributed by atoms with Crippen molar-refractivity contribution in [1.82, 2.24) is 9.88 Å². The first kappa shape index (κ1) is 16.8. The SMILES string of the molecule is C#CCNC(=O)c1cc2ccc(F)cc2c(=O)n1CCC(C)C. The van der Waals surface area contributed by atoms with E-state index in [4.69, 9.17) is 6.42 Å². The molecule has 0 saturated carbocycles. The van der Waals surface area contributed by atoms with Crippen LogP contribution in [-0.2, 0) is 6.54 Å². The second-order valence-electron chi connectivity index (χ2n) is 5.79. The number of benzene rings is 1. The molecule has 23 heavy (non-hydrogen) atoms. The van der Waals surface area contributed by atoms with Crippen LogP contribution in [0.3, 0.4) is 0 Å². The molecule has 120 valence electrons. The molecule has 2 rings (SSSR count). The van der Waals surface area contributed by atoms with Gasteiger partial charge in [-0.1, -0.05) is 25.8 Å². The highest BCUT2D eigenvalue weighted by molar-refractivity contribution is 5.96. The number of nitrogens with one attached hydrogen (secondary N) is 1. The van der Waals surface area contributed by atoms with Gasteiger partial charge in [0.15, 0.2) is 0 Å². The van der Waals surface area contributed by atoms with Crippen molar-refractivity contribution in [2.75, 3.05) is 6.54 Å². The van der Waals surface area contributed by atoms with Gasteiger partial charge in [0.25, 0.3) is 11.5 Å². The number of hydrogen-bond donors (Lipinski definition) is 1. The smallest absolute Gasteiger partial charge is 0.268 e. The fourth-order valence-corrected chi connectivity index (χ4v) is 2.34. The first-order valence-electron chi connectivity index (χ1n) is 7.48. The first-order valence-corrected chi connectivity index (χ1v) is 7.48. The standard InChI is InChI=1S/C18H19FN2O2/c1-4-8-20-17(22)16-10-13-5-6-14(19)11-15(13)18(23)21(16)9-7-12(2)3/h1,5-6,10-12H,7-9H2,2-3H3,(H,20,22). The maximum Gasteiger partial charge on any atom is 0.268 e. The van der Waals surface area contributed by atoms with Crippen LogP contribution >= 0.6 is 0 Å². The number of halogens is 1. The lowest BCUT2D eigenvalue weighted by atomic mass is 10.1. The lowest BCUT2D eigenvalue weighted by Crippen LogP contribution is -2.33. The van der Waals surface area contributed by atoms with Crippen molar-refractivity contribution in [2.45, 2.75) is 26.8 Å². The first-order chi connectivity index (χ1) is 10.9. The van der Waals surface area contributed by atoms with Crippen LogP contribution in [-0.4, -0.2) is 17.0 Å². The van der Waals surface area contributed by atoms with Gasteiger partial charge >= 0.3 is 0 Å². The minimum Gasteiger partial charge on any atom is -0.340 e. The van der Waals surface area contributed by atoms with E-state index in [2.05, 4.69) is 11.2 Å². The maximum absolute atomic E-state index is 13.4. The Morgan fingerprint density at radius 3 is 2.78 bits per heavy atom. The van der Waals surface area contributed by atoms with Crippen LogP contribution in [0.4, 0.5) is 4.39 Å². The van der Waals surface area contributed by atoms with Crippen molar-refractivity contribution in [3.05, 3.63) is 46.1 Å². The molecule has 2 aromatic rings. The zero-order valence-electron chi connectivity index (χ0n) is 13.2. The molecule has 0 spiro atoms. The molecule has 1 amide bonds. The van der Waals surface area contributed by atoms with E-state index in [1.807, 2.05) is 13.8 Å². The van der Waals surface area contributed by atoms with E-state index in [-0.39, 0.29) is 23.2 Å². The molecule has 5 heteroatoms. The van der Waals surface area contributed by atoms with Gasteiger partial charge in [-0.3, -0.25) is 9.59 Å². The van der Waals surface area contributed by atoms with Crippen LogP contribution in [0.15, 0.2) is 29.1 Å². The molecule has 0 radical (unpaired) electrons. The summed E-state index contributed by atoms with van der Waals surface area (Å²) in [4.78, 5) is 25.0. The predicted molar refractivity (Wildman–Crippen MR) is 88.8 cm³/mol. The van der Waals surface area contributed by atoms with Crippen molar-refractivity contribution in [3.63, 3.8) is 0 Å². The topological polar surface area (TPSA) is 51.1 Å². The number of nitrogens with zero attached hydrogens (tertiary/aromatic N) is 1. The number of rotatable bonds is 5. The Labute approximate surface area is 134 Å². The maximum atomic E-state index is 13.4. The van der Waals surface area contributed by atoms with Gasteiger partial charge in [0.1, 0.15) is 11.5 Å². The van der Waals surface area contributed by atoms with E-state index in [0.717, 1.165) is 6.42 Å². The molecule has 0 aliphatic rings. The van der Waals surface area contributed by atoms with Crippen LogP contribution in [0.2, 0.25) is 0 Å². The zero-order valence-corrected chi connectivity index (χ0v) is 13.2. The van der Waals surface area contributed by atoms with E-state index in [1.165, 1.54) is 22.8 Å². The van der Waals surface area contributed by atoms with E-state index >= 15 is 0 Å². The largest absolute Gasteiger partial charge is 0.340 e. The number of fused-ring (bicyclic) bond motifs is 1. The lowest BCUT2D eigenvalue weighted by Gasteiger charge is -2.15. The van der Waals surface area contributed by atoms with E-state index < -0.39 is 11.7 Å². The number of carbonyl (C=O) groups excluding carboxylic acids is 1. The molecule has 0 atom stereocenters. The van der Waals surface area contributed by atoms with E-state index in [1.54, 1.807) is 6.07 Å². The molecular formula is C18H19FN2O2. The Morgan fingerprint density at radius 2 is 2.13 bits per heavy atom. The summed E-state index contributed by atoms with van der Waals surface area (Å²) in [6.45, 7) is 4.54. The lowest BCUT2D eigenvalue weighted by molar-refractivity contribution is 0.0948. The van der Waals surface area contributed by atoms with Gasteiger partial charge in [0.2, 0.25) is 0 Å². The van der Waals surface area contributed by atoms with Crippen LogP contribution < -0.4 is 10.9 Å². The molecular weight excluding hydrogens is 295 g/mol. The van der Waals surface area contributed by atoms with Gasteiger partial charge in [-0.25, -0.2) is 4.39 Å². The quantitative estimate of drug-likeness (QED) is 0.862. The molecule has 0 aliphatic carbocycles. The van der Waals surface area contributed by atoms with Gasteiger partial charge < -0.3 is 9.88 Å². The minimum absolute atomic E-state index is 0.0820. The molecule has 1 heterocycles. The van der Waals surface area contributed by atoms with Crippen LogP contribution in [0.5, 0.6) is 0 Å². The monoisotopic (exact) mass is 314 g/mol. The number of terminal acetylenes is 1. The molecule has 1 aromatic heterocycles. The summed E-state index contributed by atoms with van der Waals surface area (Å²) in [6, 6.07) is 5.56. The average molecular weight is 314 g/mol. The number of pyridine rings is 1. The van der Waals surface area contributed by atoms with Gasteiger partial charge in [-0.05, 0) is 35.9 Å². The van der Waals surface area contributed by atoms with Crippen LogP contribution in [0.1, 0.15) is 30.8 Å². The third-order valence-electron chi connectivity index (χ3n) is 3.59. The summed E-state index contributed by atoms with van der Waals surface area (Å²) in [5.74, 6) is 1.81. The molecule has 4 nitrogen and oxygen atoms in total. The highest BCUT2D eigenvalue weighted by Crippen LogP contribution is 2.15. The average Bonchev–Trinajstić information content (AvgIpc) is 2.51. The van der Waals surface area contributed by atoms with Gasteiger partial charge in [-0.15, -0.1) is 6.42 Å². The van der Waals surface area contributed by atoms with E-state index in [0.29, 0.717) is 17.8 Å². The van der Waals surface area contributed by atoms with Crippen molar-refractivity contribution in [1.29, 1.82) is 0 Å². The molecule has 1 aromatic carbocycles. The summed E-state index contributed by atoms with van der Waals surface area (Å²) in [7, 11) is 0. The molecule has 1 N–H and O–H groups in total. The summed E-state index contributed by atoms with van der Waals surface area (Å²) in [5, 5.41) is 3.37. The third kappa shape index (κ3) is 3.78. The third-order valence-corrected chi connectivity index (χ3v) is 3.59. The fraction of sp³-hybridized carbons (Fsp3) is 0.333. The van der Waals surface area contributed by atoms with Crippen LogP contribution in [0.25, 0.3) is 10.8 Å². The summed E-state index contributed by atoms with van der Waals surface area (Å²) < 4.78 is 14.8. The van der Waals surface area contributed by atoms with Crippen molar-refractivity contribution < 1.29 is 9.18 Å². The zero-order chi connectivity index (χ0) is 17.0. The Kier molecular flexibility index (Phi) is 5.17. The Bertz CT molecular complexity index is 831. The van der Waals surface area contributed by atoms with E-state index in [9.17, 15) is 14.0 Å². The molecule has 0 aliphatic heterocycles. The second-order valence-corrected chi connectivity index (χ2v) is 5.79. The number of aromatic nitrogens is 1. The Morgan fingerprint density at radius 1 is 1.39 bits per heavy atom. The normalized spacial score (nSPS) is 10.7. The second kappa shape index (κ2) is 7.10. The highest BCUT2D eigenvalue weighted by Gasteiger charge is 2.16. The Balaban J connectivity index is 2.60. The Hall–Kier alpha value is -2.61. The molecule has 0 unspecified atom stereocenters. The fourth-order valence-electron chi connectivity index (χ4n) is 2.34. The van der Waals surface area contributed by atoms with Crippen molar-refractivity contribution in [2.24, 2.45) is 5.92 Å². The summed E-state index contributed by atoms with van der Waals surface area (Å²) >= 11 is 0. The van der Waals surface area contributed by atoms with Crippen molar-refractivity contribution in [3.8, 4) is 12.3 Å². The molecule has 0 fully saturated rings. The molecule has 0 bridgehead atoms. The number of amides is 1. The van der Waals surface area contributed by atoms with Gasteiger partial charge in [-0.2, -0.15) is 0 Å². The van der Waals surface area contributed by atoms with Gasteiger partial charge in [0, 0.05) is 6.54 Å². The predicted octanol–water partition coefficient (Wildman–Crippen LogP) is 2.55. The number of carbonyl (C=O) groups is 1. The highest BCUT2D eigenvalue weighted by atomic mass is 19.1. The summed E-state index contributed by atoms with van der Waals surface area (Å²) in [5.41, 5.74) is -0.126. The van der Waals surface area contributed by atoms with Crippen molar-refractivity contribution >= 4 is 16.7 Å². The van der Waals surface area contributed by atoms with Crippen LogP contribution in [0, 0.1) is 24.1 Å². The number of hydrogen-bond acceptors (Lipinski definition) is 2.